The van der Waals surface area contributed by atoms with Gasteiger partial charge >= 0.3 is 0 Å². The SMILES string of the molecule is CC(NC(C)C(O)c1ccc(Cl)cc1)c1nc2c(s1)CCC2. The number of nitrogens with zero attached hydrogens (tertiary/aromatic N) is 1. The molecule has 118 valence electrons. The molecule has 2 N–H and O–H groups in total. The molecule has 3 nitrogen and oxygen atoms in total. The van der Waals surface area contributed by atoms with Crippen molar-refractivity contribution in [3.8, 4) is 0 Å². The maximum absolute atomic E-state index is 10.5. The molecule has 3 rings (SSSR count). The lowest BCUT2D eigenvalue weighted by Gasteiger charge is -2.24. The van der Waals surface area contributed by atoms with Gasteiger partial charge in [0.2, 0.25) is 0 Å². The van der Waals surface area contributed by atoms with Crippen LogP contribution in [0.15, 0.2) is 24.3 Å². The van der Waals surface area contributed by atoms with Gasteiger partial charge in [-0.25, -0.2) is 4.98 Å². The van der Waals surface area contributed by atoms with Gasteiger partial charge in [0.25, 0.3) is 0 Å². The van der Waals surface area contributed by atoms with Crippen LogP contribution in [0.5, 0.6) is 0 Å². The lowest BCUT2D eigenvalue weighted by molar-refractivity contribution is 0.130. The van der Waals surface area contributed by atoms with Crippen molar-refractivity contribution in [2.45, 2.75) is 51.3 Å². The second kappa shape index (κ2) is 6.67. The average Bonchev–Trinajstić information content (AvgIpc) is 3.08. The summed E-state index contributed by atoms with van der Waals surface area (Å²) < 4.78 is 0. The number of hydrogen-bond acceptors (Lipinski definition) is 4. The number of aryl methyl sites for hydroxylation is 2. The van der Waals surface area contributed by atoms with E-state index in [9.17, 15) is 5.11 Å². The second-order valence-corrected chi connectivity index (χ2v) is 7.50. The first-order chi connectivity index (χ1) is 10.5. The van der Waals surface area contributed by atoms with Gasteiger partial charge in [0.05, 0.1) is 17.8 Å². The van der Waals surface area contributed by atoms with E-state index in [4.69, 9.17) is 16.6 Å². The van der Waals surface area contributed by atoms with Gasteiger partial charge in [-0.2, -0.15) is 0 Å². The van der Waals surface area contributed by atoms with Gasteiger partial charge in [-0.05, 0) is 50.8 Å². The molecule has 0 radical (unpaired) electrons. The highest BCUT2D eigenvalue weighted by molar-refractivity contribution is 7.11. The zero-order valence-corrected chi connectivity index (χ0v) is 14.4. The molecule has 0 fully saturated rings. The van der Waals surface area contributed by atoms with E-state index in [0.717, 1.165) is 17.0 Å². The van der Waals surface area contributed by atoms with Crippen molar-refractivity contribution in [3.05, 3.63) is 50.4 Å². The Hall–Kier alpha value is -0.940. The fraction of sp³-hybridized carbons (Fsp3) is 0.471. The Bertz CT molecular complexity index is 619. The van der Waals surface area contributed by atoms with Crippen molar-refractivity contribution < 1.29 is 5.11 Å². The summed E-state index contributed by atoms with van der Waals surface area (Å²) in [7, 11) is 0. The molecule has 0 bridgehead atoms. The standard InChI is InChI=1S/C17H21ClN2OS/c1-10(16(21)12-6-8-13(18)9-7-12)19-11(2)17-20-14-4-3-5-15(14)22-17/h6-11,16,19,21H,3-5H2,1-2H3. The molecule has 1 aliphatic carbocycles. The highest BCUT2D eigenvalue weighted by atomic mass is 35.5. The molecule has 0 spiro atoms. The fourth-order valence-electron chi connectivity index (χ4n) is 2.90. The zero-order valence-electron chi connectivity index (χ0n) is 12.8. The molecule has 1 aromatic heterocycles. The number of nitrogens with one attached hydrogen (secondary N) is 1. The summed E-state index contributed by atoms with van der Waals surface area (Å²) in [6.07, 6.45) is 2.96. The third-order valence-electron chi connectivity index (χ3n) is 4.18. The minimum absolute atomic E-state index is 0.0603. The summed E-state index contributed by atoms with van der Waals surface area (Å²) in [6.45, 7) is 4.11. The summed E-state index contributed by atoms with van der Waals surface area (Å²) >= 11 is 7.70. The number of benzene rings is 1. The first-order valence-corrected chi connectivity index (χ1v) is 8.92. The minimum atomic E-state index is -0.563. The fourth-order valence-corrected chi connectivity index (χ4v) is 4.19. The highest BCUT2D eigenvalue weighted by Crippen LogP contribution is 2.31. The molecule has 3 atom stereocenters. The van der Waals surface area contributed by atoms with Crippen molar-refractivity contribution >= 4 is 22.9 Å². The molecule has 1 aliphatic rings. The molecule has 1 heterocycles. The third kappa shape index (κ3) is 3.35. The van der Waals surface area contributed by atoms with E-state index in [1.165, 1.54) is 23.4 Å². The number of thiazole rings is 1. The van der Waals surface area contributed by atoms with Crippen LogP contribution in [0.4, 0.5) is 0 Å². The molecule has 0 saturated carbocycles. The lowest BCUT2D eigenvalue weighted by Crippen LogP contribution is -2.34. The summed E-state index contributed by atoms with van der Waals surface area (Å²) in [4.78, 5) is 6.18. The van der Waals surface area contributed by atoms with Crippen LogP contribution in [-0.2, 0) is 12.8 Å². The van der Waals surface area contributed by atoms with E-state index in [-0.39, 0.29) is 12.1 Å². The van der Waals surface area contributed by atoms with E-state index in [1.54, 1.807) is 0 Å². The van der Waals surface area contributed by atoms with Crippen molar-refractivity contribution in [2.75, 3.05) is 0 Å². The smallest absolute Gasteiger partial charge is 0.110 e. The summed E-state index contributed by atoms with van der Waals surface area (Å²) in [6, 6.07) is 7.44. The molecular formula is C17H21ClN2OS. The van der Waals surface area contributed by atoms with Crippen molar-refractivity contribution in [1.82, 2.24) is 10.3 Å². The van der Waals surface area contributed by atoms with Gasteiger partial charge in [-0.15, -0.1) is 11.3 Å². The molecule has 0 saturated heterocycles. The van der Waals surface area contributed by atoms with Crippen molar-refractivity contribution in [1.29, 1.82) is 0 Å². The Morgan fingerprint density at radius 2 is 1.95 bits per heavy atom. The number of aliphatic hydroxyl groups excluding tert-OH is 1. The quantitative estimate of drug-likeness (QED) is 0.865. The van der Waals surface area contributed by atoms with E-state index in [0.29, 0.717) is 5.02 Å². The summed E-state index contributed by atoms with van der Waals surface area (Å²) in [5.74, 6) is 0. The predicted molar refractivity (Wildman–Crippen MR) is 91.6 cm³/mol. The van der Waals surface area contributed by atoms with Gasteiger partial charge < -0.3 is 10.4 Å². The first kappa shape index (κ1) is 15.9. The normalized spacial score (nSPS) is 18.0. The Morgan fingerprint density at radius 3 is 2.64 bits per heavy atom. The van der Waals surface area contributed by atoms with Crippen LogP contribution in [0.3, 0.4) is 0 Å². The Kier molecular flexibility index (Phi) is 4.83. The van der Waals surface area contributed by atoms with E-state index in [2.05, 4.69) is 12.2 Å². The molecule has 2 aromatic rings. The van der Waals surface area contributed by atoms with Crippen molar-refractivity contribution in [3.63, 3.8) is 0 Å². The number of aliphatic hydroxyl groups is 1. The maximum atomic E-state index is 10.5. The number of fused-ring (bicyclic) bond motifs is 1. The van der Waals surface area contributed by atoms with E-state index >= 15 is 0 Å². The van der Waals surface area contributed by atoms with Crippen LogP contribution < -0.4 is 5.32 Å². The van der Waals surface area contributed by atoms with Gasteiger partial charge in [-0.3, -0.25) is 0 Å². The van der Waals surface area contributed by atoms with Gasteiger partial charge in [0, 0.05) is 15.9 Å². The first-order valence-electron chi connectivity index (χ1n) is 7.72. The highest BCUT2D eigenvalue weighted by Gasteiger charge is 2.23. The van der Waals surface area contributed by atoms with Gasteiger partial charge in [0.15, 0.2) is 0 Å². The number of halogens is 1. The van der Waals surface area contributed by atoms with E-state index < -0.39 is 6.10 Å². The Balaban J connectivity index is 1.64. The molecule has 1 aromatic carbocycles. The topological polar surface area (TPSA) is 45.1 Å². The molecule has 0 aliphatic heterocycles. The van der Waals surface area contributed by atoms with Crippen LogP contribution in [-0.4, -0.2) is 16.1 Å². The monoisotopic (exact) mass is 336 g/mol. The Labute approximate surface area is 140 Å². The molecule has 5 heteroatoms. The molecular weight excluding hydrogens is 316 g/mol. The van der Waals surface area contributed by atoms with Crippen LogP contribution in [0.25, 0.3) is 0 Å². The average molecular weight is 337 g/mol. The van der Waals surface area contributed by atoms with Crippen LogP contribution in [0, 0.1) is 0 Å². The zero-order chi connectivity index (χ0) is 15.7. The number of hydrogen-bond donors (Lipinski definition) is 2. The number of aromatic nitrogens is 1. The maximum Gasteiger partial charge on any atom is 0.110 e. The minimum Gasteiger partial charge on any atom is -0.387 e. The summed E-state index contributed by atoms with van der Waals surface area (Å²) in [5, 5.41) is 15.7. The van der Waals surface area contributed by atoms with Crippen LogP contribution >= 0.6 is 22.9 Å². The second-order valence-electron chi connectivity index (χ2n) is 5.95. The largest absolute Gasteiger partial charge is 0.387 e. The van der Waals surface area contributed by atoms with E-state index in [1.807, 2.05) is 42.5 Å². The van der Waals surface area contributed by atoms with Crippen LogP contribution in [0.1, 0.15) is 53.6 Å². The summed E-state index contributed by atoms with van der Waals surface area (Å²) in [5.41, 5.74) is 2.15. The molecule has 0 amide bonds. The Morgan fingerprint density at radius 1 is 1.23 bits per heavy atom. The third-order valence-corrected chi connectivity index (χ3v) is 5.77. The van der Waals surface area contributed by atoms with Crippen molar-refractivity contribution in [2.24, 2.45) is 0 Å². The molecule has 22 heavy (non-hydrogen) atoms. The predicted octanol–water partition coefficient (Wildman–Crippen LogP) is 4.06. The van der Waals surface area contributed by atoms with Gasteiger partial charge in [-0.1, -0.05) is 23.7 Å². The lowest BCUT2D eigenvalue weighted by atomic mass is 10.0. The number of rotatable bonds is 5. The molecule has 3 unspecified atom stereocenters. The van der Waals surface area contributed by atoms with Gasteiger partial charge in [0.1, 0.15) is 5.01 Å². The van der Waals surface area contributed by atoms with Crippen LogP contribution in [0.2, 0.25) is 5.02 Å².